The van der Waals surface area contributed by atoms with Crippen molar-refractivity contribution in [3.63, 3.8) is 0 Å². The number of anilines is 1. The standard InChI is InChI=1S/C16H15FN2O6S/c1-24-11-4-7-13(14(17)8-11)16(21)25-9-15(20)19-10-2-5-12(6-3-10)26(18,22)23/h2-8H,9H2,1H3,(H,19,20)(H2,18,22,23). The fraction of sp³-hybridized carbons (Fsp3) is 0.125. The molecule has 2 aromatic rings. The first-order valence-electron chi connectivity index (χ1n) is 7.14. The molecule has 1 amide bonds. The summed E-state index contributed by atoms with van der Waals surface area (Å²) >= 11 is 0. The zero-order valence-electron chi connectivity index (χ0n) is 13.6. The van der Waals surface area contributed by atoms with Crippen molar-refractivity contribution in [2.24, 2.45) is 5.14 Å². The Morgan fingerprint density at radius 2 is 1.81 bits per heavy atom. The summed E-state index contributed by atoms with van der Waals surface area (Å²) in [6.45, 7) is -0.652. The van der Waals surface area contributed by atoms with Gasteiger partial charge in [-0.1, -0.05) is 0 Å². The molecule has 0 atom stereocenters. The van der Waals surface area contributed by atoms with Crippen LogP contribution in [0.5, 0.6) is 5.75 Å². The number of hydrogen-bond donors (Lipinski definition) is 2. The number of amides is 1. The number of carbonyl (C=O) groups excluding carboxylic acids is 2. The molecule has 0 aliphatic carbocycles. The molecule has 0 radical (unpaired) electrons. The van der Waals surface area contributed by atoms with Crippen molar-refractivity contribution in [2.45, 2.75) is 4.90 Å². The second-order valence-corrected chi connectivity index (χ2v) is 6.60. The Balaban J connectivity index is 1.93. The molecule has 2 rings (SSSR count). The van der Waals surface area contributed by atoms with E-state index in [9.17, 15) is 22.4 Å². The van der Waals surface area contributed by atoms with Gasteiger partial charge in [0, 0.05) is 11.8 Å². The first kappa shape index (κ1) is 19.3. The van der Waals surface area contributed by atoms with Crippen LogP contribution in [0.3, 0.4) is 0 Å². The molecule has 0 fully saturated rings. The number of methoxy groups -OCH3 is 1. The number of halogens is 1. The van der Waals surface area contributed by atoms with E-state index in [1.165, 1.54) is 43.5 Å². The van der Waals surface area contributed by atoms with Crippen molar-refractivity contribution >= 4 is 27.6 Å². The first-order chi connectivity index (χ1) is 12.2. The molecule has 0 unspecified atom stereocenters. The number of primary sulfonamides is 1. The van der Waals surface area contributed by atoms with E-state index in [1.54, 1.807) is 0 Å². The summed E-state index contributed by atoms with van der Waals surface area (Å²) in [5, 5.41) is 7.36. The highest BCUT2D eigenvalue weighted by atomic mass is 32.2. The lowest BCUT2D eigenvalue weighted by molar-refractivity contribution is -0.119. The molecule has 8 nitrogen and oxygen atoms in total. The van der Waals surface area contributed by atoms with Crippen LogP contribution < -0.4 is 15.2 Å². The number of carbonyl (C=O) groups is 2. The van der Waals surface area contributed by atoms with Crippen molar-refractivity contribution in [1.29, 1.82) is 0 Å². The fourth-order valence-corrected chi connectivity index (χ4v) is 2.44. The number of rotatable bonds is 6. The summed E-state index contributed by atoms with van der Waals surface area (Å²) in [5.74, 6) is -2.30. The maximum atomic E-state index is 13.8. The summed E-state index contributed by atoms with van der Waals surface area (Å²) in [6, 6.07) is 8.65. The Bertz CT molecular complexity index is 928. The van der Waals surface area contributed by atoms with E-state index in [0.717, 1.165) is 6.07 Å². The van der Waals surface area contributed by atoms with Gasteiger partial charge in [0.25, 0.3) is 5.91 Å². The third kappa shape index (κ3) is 5.01. The third-order valence-corrected chi connectivity index (χ3v) is 4.13. The molecule has 0 spiro atoms. The Hall–Kier alpha value is -2.98. The molecule has 0 aliphatic heterocycles. The Kier molecular flexibility index (Phi) is 5.90. The zero-order valence-corrected chi connectivity index (χ0v) is 14.4. The highest BCUT2D eigenvalue weighted by molar-refractivity contribution is 7.89. The summed E-state index contributed by atoms with van der Waals surface area (Å²) in [4.78, 5) is 23.5. The molecule has 3 N–H and O–H groups in total. The fourth-order valence-electron chi connectivity index (χ4n) is 1.92. The van der Waals surface area contributed by atoms with Gasteiger partial charge in [-0.3, -0.25) is 4.79 Å². The average Bonchev–Trinajstić information content (AvgIpc) is 2.59. The van der Waals surface area contributed by atoms with Gasteiger partial charge in [-0.25, -0.2) is 22.7 Å². The van der Waals surface area contributed by atoms with Gasteiger partial charge in [0.1, 0.15) is 11.6 Å². The molecule has 0 aliphatic rings. The maximum absolute atomic E-state index is 13.8. The van der Waals surface area contributed by atoms with Gasteiger partial charge in [-0.05, 0) is 36.4 Å². The van der Waals surface area contributed by atoms with Crippen LogP contribution in [0.1, 0.15) is 10.4 Å². The van der Waals surface area contributed by atoms with Crippen molar-refractivity contribution in [3.8, 4) is 5.75 Å². The highest BCUT2D eigenvalue weighted by Gasteiger charge is 2.16. The number of nitrogens with one attached hydrogen (secondary N) is 1. The topological polar surface area (TPSA) is 125 Å². The van der Waals surface area contributed by atoms with Crippen LogP contribution >= 0.6 is 0 Å². The van der Waals surface area contributed by atoms with E-state index in [2.05, 4.69) is 5.32 Å². The smallest absolute Gasteiger partial charge is 0.341 e. The van der Waals surface area contributed by atoms with E-state index in [-0.39, 0.29) is 21.9 Å². The van der Waals surface area contributed by atoms with Crippen LogP contribution in [-0.2, 0) is 19.6 Å². The number of hydrogen-bond acceptors (Lipinski definition) is 6. The minimum Gasteiger partial charge on any atom is -0.497 e. The number of sulfonamides is 1. The monoisotopic (exact) mass is 382 g/mol. The van der Waals surface area contributed by atoms with Gasteiger partial charge in [0.15, 0.2) is 6.61 Å². The number of esters is 1. The summed E-state index contributed by atoms with van der Waals surface area (Å²) < 4.78 is 45.6. The first-order valence-corrected chi connectivity index (χ1v) is 8.68. The molecular weight excluding hydrogens is 367 g/mol. The molecule has 0 saturated heterocycles. The molecule has 0 bridgehead atoms. The van der Waals surface area contributed by atoms with E-state index < -0.39 is 34.3 Å². The van der Waals surface area contributed by atoms with E-state index in [4.69, 9.17) is 14.6 Å². The molecule has 0 aromatic heterocycles. The van der Waals surface area contributed by atoms with Gasteiger partial charge in [-0.15, -0.1) is 0 Å². The lowest BCUT2D eigenvalue weighted by atomic mass is 10.2. The minimum absolute atomic E-state index is 0.114. The molecule has 2 aromatic carbocycles. The van der Waals surface area contributed by atoms with Crippen LogP contribution in [0.2, 0.25) is 0 Å². The average molecular weight is 382 g/mol. The quantitative estimate of drug-likeness (QED) is 0.725. The van der Waals surface area contributed by atoms with E-state index in [0.29, 0.717) is 0 Å². The molecule has 0 saturated carbocycles. The predicted molar refractivity (Wildman–Crippen MR) is 89.7 cm³/mol. The van der Waals surface area contributed by atoms with Gasteiger partial charge < -0.3 is 14.8 Å². The zero-order chi connectivity index (χ0) is 19.3. The predicted octanol–water partition coefficient (Wildman–Crippen LogP) is 1.28. The van der Waals surface area contributed by atoms with Crippen LogP contribution in [0, 0.1) is 5.82 Å². The number of nitrogens with two attached hydrogens (primary N) is 1. The lowest BCUT2D eigenvalue weighted by Gasteiger charge is -2.08. The minimum atomic E-state index is -3.84. The maximum Gasteiger partial charge on any atom is 0.341 e. The molecule has 26 heavy (non-hydrogen) atoms. The van der Waals surface area contributed by atoms with Crippen LogP contribution in [-0.4, -0.2) is 34.0 Å². The van der Waals surface area contributed by atoms with Crippen LogP contribution in [0.4, 0.5) is 10.1 Å². The van der Waals surface area contributed by atoms with Crippen LogP contribution in [0.15, 0.2) is 47.4 Å². The van der Waals surface area contributed by atoms with Crippen molar-refractivity contribution in [3.05, 3.63) is 53.8 Å². The Morgan fingerprint density at radius 3 is 2.35 bits per heavy atom. The second-order valence-electron chi connectivity index (χ2n) is 5.04. The second kappa shape index (κ2) is 7.93. The largest absolute Gasteiger partial charge is 0.497 e. The third-order valence-electron chi connectivity index (χ3n) is 3.20. The summed E-state index contributed by atoms with van der Waals surface area (Å²) in [6.07, 6.45) is 0. The van der Waals surface area contributed by atoms with Crippen LogP contribution in [0.25, 0.3) is 0 Å². The molecule has 10 heteroatoms. The molecule has 138 valence electrons. The summed E-state index contributed by atoms with van der Waals surface area (Å²) in [5.41, 5.74) is -0.0646. The Labute approximate surface area is 148 Å². The summed E-state index contributed by atoms with van der Waals surface area (Å²) in [7, 11) is -2.48. The van der Waals surface area contributed by atoms with Crippen molar-refractivity contribution in [2.75, 3.05) is 19.0 Å². The Morgan fingerprint density at radius 1 is 1.15 bits per heavy atom. The van der Waals surface area contributed by atoms with E-state index >= 15 is 0 Å². The van der Waals surface area contributed by atoms with Gasteiger partial charge in [0.05, 0.1) is 17.6 Å². The van der Waals surface area contributed by atoms with Crippen molar-refractivity contribution in [1.82, 2.24) is 0 Å². The number of ether oxygens (including phenoxy) is 2. The molecule has 0 heterocycles. The van der Waals surface area contributed by atoms with E-state index in [1.807, 2.05) is 0 Å². The van der Waals surface area contributed by atoms with Gasteiger partial charge in [-0.2, -0.15) is 0 Å². The highest BCUT2D eigenvalue weighted by Crippen LogP contribution is 2.17. The SMILES string of the molecule is COc1ccc(C(=O)OCC(=O)Nc2ccc(S(N)(=O)=O)cc2)c(F)c1. The number of benzene rings is 2. The molecular formula is C16H15FN2O6S. The van der Waals surface area contributed by atoms with Crippen molar-refractivity contribution < 1.29 is 31.9 Å². The van der Waals surface area contributed by atoms with Gasteiger partial charge in [0.2, 0.25) is 10.0 Å². The van der Waals surface area contributed by atoms with Gasteiger partial charge >= 0.3 is 5.97 Å². The normalized spacial score (nSPS) is 10.9. The lowest BCUT2D eigenvalue weighted by Crippen LogP contribution is -2.21.